The molecule has 0 saturated carbocycles. The number of carbonyl (C=O) groups is 1. The number of ether oxygens (including phenoxy) is 2. The van der Waals surface area contributed by atoms with E-state index < -0.39 is 0 Å². The van der Waals surface area contributed by atoms with Crippen molar-refractivity contribution in [2.75, 3.05) is 51.3 Å². The summed E-state index contributed by atoms with van der Waals surface area (Å²) in [5, 5.41) is 3.13. The minimum absolute atomic E-state index is 0.0306. The van der Waals surface area contributed by atoms with Crippen molar-refractivity contribution >= 4 is 11.6 Å². The Morgan fingerprint density at radius 3 is 2.51 bits per heavy atom. The molecular weight excluding hydrogens is 462 g/mol. The Kier molecular flexibility index (Phi) is 8.07. The van der Waals surface area contributed by atoms with Crippen LogP contribution in [0.5, 0.6) is 5.75 Å². The zero-order valence-electron chi connectivity index (χ0n) is 21.9. The second-order valence-corrected chi connectivity index (χ2v) is 9.94. The SMILES string of the molecule is COc1ccc(N2CCN(CCC3OCCc4cc(C(=O)N[C@H](C)c5ccccc5)ccc43)CC2)cc1. The highest BCUT2D eigenvalue weighted by Gasteiger charge is 2.24. The van der Waals surface area contributed by atoms with E-state index in [9.17, 15) is 4.79 Å². The largest absolute Gasteiger partial charge is 0.497 e. The molecule has 1 saturated heterocycles. The number of methoxy groups -OCH3 is 1. The molecule has 6 heteroatoms. The summed E-state index contributed by atoms with van der Waals surface area (Å²) in [7, 11) is 1.70. The van der Waals surface area contributed by atoms with Gasteiger partial charge >= 0.3 is 0 Å². The lowest BCUT2D eigenvalue weighted by atomic mass is 9.93. The molecule has 6 nitrogen and oxygen atoms in total. The summed E-state index contributed by atoms with van der Waals surface area (Å²) >= 11 is 0. The van der Waals surface area contributed by atoms with Crippen molar-refractivity contribution in [1.29, 1.82) is 0 Å². The third kappa shape index (κ3) is 6.14. The van der Waals surface area contributed by atoms with Crippen LogP contribution in [-0.4, -0.2) is 57.2 Å². The van der Waals surface area contributed by atoms with Crippen LogP contribution in [-0.2, 0) is 11.2 Å². The predicted octanol–water partition coefficient (Wildman–Crippen LogP) is 5.01. The van der Waals surface area contributed by atoms with E-state index in [4.69, 9.17) is 9.47 Å². The number of piperazine rings is 1. The Morgan fingerprint density at radius 1 is 1.03 bits per heavy atom. The maximum atomic E-state index is 12.9. The Labute approximate surface area is 220 Å². The second kappa shape index (κ2) is 11.8. The first kappa shape index (κ1) is 25.3. The Hall–Kier alpha value is -3.35. The number of amides is 1. The summed E-state index contributed by atoms with van der Waals surface area (Å²) < 4.78 is 11.5. The van der Waals surface area contributed by atoms with Crippen LogP contribution < -0.4 is 15.0 Å². The Balaban J connectivity index is 1.14. The number of hydrogen-bond acceptors (Lipinski definition) is 5. The number of benzene rings is 3. The van der Waals surface area contributed by atoms with Crippen LogP contribution in [0.25, 0.3) is 0 Å². The molecule has 1 unspecified atom stereocenters. The lowest BCUT2D eigenvalue weighted by Crippen LogP contribution is -2.46. The molecule has 1 amide bonds. The zero-order valence-corrected chi connectivity index (χ0v) is 21.9. The third-order valence-electron chi connectivity index (χ3n) is 7.61. The molecule has 0 bridgehead atoms. The van der Waals surface area contributed by atoms with Crippen molar-refractivity contribution in [1.82, 2.24) is 10.2 Å². The van der Waals surface area contributed by atoms with Gasteiger partial charge in [-0.15, -0.1) is 0 Å². The van der Waals surface area contributed by atoms with E-state index in [1.165, 1.54) is 16.8 Å². The molecule has 2 aliphatic heterocycles. The maximum absolute atomic E-state index is 12.9. The summed E-state index contributed by atoms with van der Waals surface area (Å²) in [6, 6.07) is 24.5. The average molecular weight is 500 g/mol. The number of nitrogens with zero attached hydrogens (tertiary/aromatic N) is 2. The zero-order chi connectivity index (χ0) is 25.6. The minimum atomic E-state index is -0.0361. The molecule has 1 N–H and O–H groups in total. The van der Waals surface area contributed by atoms with E-state index in [-0.39, 0.29) is 18.1 Å². The molecule has 194 valence electrons. The molecule has 3 aromatic rings. The fourth-order valence-electron chi connectivity index (χ4n) is 5.34. The van der Waals surface area contributed by atoms with Gasteiger partial charge in [0.2, 0.25) is 0 Å². The number of anilines is 1. The van der Waals surface area contributed by atoms with E-state index in [1.54, 1.807) is 7.11 Å². The van der Waals surface area contributed by atoms with Crippen LogP contribution in [0.3, 0.4) is 0 Å². The van der Waals surface area contributed by atoms with Gasteiger partial charge in [0, 0.05) is 44.0 Å². The average Bonchev–Trinajstić information content (AvgIpc) is 2.96. The molecule has 37 heavy (non-hydrogen) atoms. The fourth-order valence-corrected chi connectivity index (χ4v) is 5.34. The molecule has 2 atom stereocenters. The monoisotopic (exact) mass is 499 g/mol. The van der Waals surface area contributed by atoms with Gasteiger partial charge in [0.15, 0.2) is 0 Å². The summed E-state index contributed by atoms with van der Waals surface area (Å²) in [5.41, 5.74) is 5.54. The Bertz CT molecular complexity index is 1170. The van der Waals surface area contributed by atoms with Gasteiger partial charge in [-0.05, 0) is 72.9 Å². The van der Waals surface area contributed by atoms with E-state index in [1.807, 2.05) is 55.5 Å². The van der Waals surface area contributed by atoms with Crippen molar-refractivity contribution < 1.29 is 14.3 Å². The van der Waals surface area contributed by atoms with Gasteiger partial charge in [-0.25, -0.2) is 0 Å². The van der Waals surface area contributed by atoms with Gasteiger partial charge in [0.1, 0.15) is 5.75 Å². The molecular formula is C31H37N3O3. The highest BCUT2D eigenvalue weighted by Crippen LogP contribution is 2.31. The van der Waals surface area contributed by atoms with Crippen LogP contribution in [0.4, 0.5) is 5.69 Å². The van der Waals surface area contributed by atoms with E-state index in [0.29, 0.717) is 6.61 Å². The number of rotatable bonds is 8. The van der Waals surface area contributed by atoms with Crippen molar-refractivity contribution in [2.45, 2.75) is 31.9 Å². The normalized spacial score (nSPS) is 18.6. The van der Waals surface area contributed by atoms with Crippen LogP contribution in [0, 0.1) is 0 Å². The first-order chi connectivity index (χ1) is 18.1. The minimum Gasteiger partial charge on any atom is -0.497 e. The van der Waals surface area contributed by atoms with Crippen LogP contribution in [0.2, 0.25) is 0 Å². The highest BCUT2D eigenvalue weighted by atomic mass is 16.5. The third-order valence-corrected chi connectivity index (χ3v) is 7.61. The molecule has 1 fully saturated rings. The molecule has 3 aromatic carbocycles. The second-order valence-electron chi connectivity index (χ2n) is 9.94. The Morgan fingerprint density at radius 2 is 1.78 bits per heavy atom. The van der Waals surface area contributed by atoms with Crippen LogP contribution >= 0.6 is 0 Å². The van der Waals surface area contributed by atoms with Crippen molar-refractivity contribution in [3.05, 3.63) is 95.1 Å². The van der Waals surface area contributed by atoms with Gasteiger partial charge in [0.05, 0.1) is 25.9 Å². The summed E-state index contributed by atoms with van der Waals surface area (Å²) in [4.78, 5) is 17.9. The molecule has 2 heterocycles. The van der Waals surface area contributed by atoms with Crippen molar-refractivity contribution in [3.63, 3.8) is 0 Å². The molecule has 0 aromatic heterocycles. The van der Waals surface area contributed by atoms with Gasteiger partial charge < -0.3 is 19.7 Å². The summed E-state index contributed by atoms with van der Waals surface area (Å²) in [6.07, 6.45) is 1.90. The van der Waals surface area contributed by atoms with Gasteiger partial charge in [-0.1, -0.05) is 36.4 Å². The van der Waals surface area contributed by atoms with Crippen LogP contribution in [0.1, 0.15) is 52.5 Å². The first-order valence-electron chi connectivity index (χ1n) is 13.3. The lowest BCUT2D eigenvalue weighted by Gasteiger charge is -2.37. The molecule has 5 rings (SSSR count). The molecule has 0 radical (unpaired) electrons. The topological polar surface area (TPSA) is 54.0 Å². The highest BCUT2D eigenvalue weighted by molar-refractivity contribution is 5.94. The predicted molar refractivity (Wildman–Crippen MR) is 147 cm³/mol. The van der Waals surface area contributed by atoms with Gasteiger partial charge in [-0.3, -0.25) is 9.69 Å². The first-order valence-corrected chi connectivity index (χ1v) is 13.3. The lowest BCUT2D eigenvalue weighted by molar-refractivity contribution is 0.0288. The quantitative estimate of drug-likeness (QED) is 0.472. The van der Waals surface area contributed by atoms with Crippen LogP contribution in [0.15, 0.2) is 72.8 Å². The fraction of sp³-hybridized carbons (Fsp3) is 0.387. The van der Waals surface area contributed by atoms with Crippen molar-refractivity contribution in [3.8, 4) is 5.75 Å². The van der Waals surface area contributed by atoms with Crippen molar-refractivity contribution in [2.24, 2.45) is 0 Å². The smallest absolute Gasteiger partial charge is 0.251 e. The molecule has 0 spiro atoms. The summed E-state index contributed by atoms with van der Waals surface area (Å²) in [6.45, 7) is 7.87. The van der Waals surface area contributed by atoms with E-state index >= 15 is 0 Å². The standard InChI is InChI=1S/C31H37N3O3/c1-23(24-6-4-3-5-7-24)32-31(35)26-8-13-29-25(22-26)15-21-37-30(29)14-16-33-17-19-34(20-18-33)27-9-11-28(36-2)12-10-27/h3-13,22-23,30H,14-21H2,1-2H3,(H,32,35)/t23-,30?/m1/s1. The number of hydrogen-bond donors (Lipinski definition) is 1. The molecule has 2 aliphatic rings. The summed E-state index contributed by atoms with van der Waals surface area (Å²) in [5.74, 6) is 0.863. The van der Waals surface area contributed by atoms with Gasteiger partial charge in [-0.2, -0.15) is 0 Å². The number of fused-ring (bicyclic) bond motifs is 1. The van der Waals surface area contributed by atoms with E-state index in [0.717, 1.165) is 62.4 Å². The van der Waals surface area contributed by atoms with Gasteiger partial charge in [0.25, 0.3) is 5.91 Å². The van der Waals surface area contributed by atoms with E-state index in [2.05, 4.69) is 39.4 Å². The number of carbonyl (C=O) groups excluding carboxylic acids is 1. The molecule has 0 aliphatic carbocycles. The number of nitrogens with one attached hydrogen (secondary N) is 1. The maximum Gasteiger partial charge on any atom is 0.251 e.